The molecule has 0 radical (unpaired) electrons. The van der Waals surface area contributed by atoms with Gasteiger partial charge in [-0.05, 0) is 18.8 Å². The molecule has 0 aromatic carbocycles. The van der Waals surface area contributed by atoms with Crippen LogP contribution in [0.15, 0.2) is 0 Å². The average Bonchev–Trinajstić information content (AvgIpc) is 2.46. The van der Waals surface area contributed by atoms with Gasteiger partial charge in [0.1, 0.15) is 0 Å². The van der Waals surface area contributed by atoms with E-state index in [1.54, 1.807) is 0 Å². The van der Waals surface area contributed by atoms with Crippen LogP contribution in [-0.4, -0.2) is 29.4 Å². The molecule has 1 aliphatic carbocycles. The van der Waals surface area contributed by atoms with E-state index in [4.69, 9.17) is 5.73 Å². The first kappa shape index (κ1) is 9.97. The molecule has 0 spiro atoms. The van der Waals surface area contributed by atoms with Crippen LogP contribution in [0.2, 0.25) is 0 Å². The Balaban J connectivity index is 2.02. The molecule has 0 aromatic heterocycles. The standard InChI is InChI=1S/C11H20N2O/c1-8-4-2-3-5-10(8)13-7-9(12)6-11(13)14/h8-10H,2-7,12H2,1H3. The molecule has 0 bridgehead atoms. The van der Waals surface area contributed by atoms with Crippen LogP contribution in [0.1, 0.15) is 39.0 Å². The van der Waals surface area contributed by atoms with Gasteiger partial charge in [0.05, 0.1) is 0 Å². The van der Waals surface area contributed by atoms with E-state index in [0.29, 0.717) is 18.4 Å². The molecule has 1 aliphatic heterocycles. The third kappa shape index (κ3) is 1.78. The van der Waals surface area contributed by atoms with E-state index < -0.39 is 0 Å². The summed E-state index contributed by atoms with van der Waals surface area (Å²) in [5.41, 5.74) is 5.81. The number of amides is 1. The average molecular weight is 196 g/mol. The summed E-state index contributed by atoms with van der Waals surface area (Å²) in [5.74, 6) is 0.939. The van der Waals surface area contributed by atoms with Gasteiger partial charge >= 0.3 is 0 Å². The first-order chi connectivity index (χ1) is 6.68. The molecule has 2 fully saturated rings. The Morgan fingerprint density at radius 2 is 2.07 bits per heavy atom. The highest BCUT2D eigenvalue weighted by molar-refractivity contribution is 5.79. The highest BCUT2D eigenvalue weighted by Gasteiger charge is 2.35. The van der Waals surface area contributed by atoms with Gasteiger partial charge in [-0.3, -0.25) is 4.79 Å². The van der Waals surface area contributed by atoms with Crippen molar-refractivity contribution in [3.05, 3.63) is 0 Å². The number of likely N-dealkylation sites (tertiary alicyclic amines) is 1. The van der Waals surface area contributed by atoms with Gasteiger partial charge in [-0.15, -0.1) is 0 Å². The fourth-order valence-corrected chi connectivity index (χ4v) is 2.84. The normalized spacial score (nSPS) is 39.1. The number of nitrogens with two attached hydrogens (primary N) is 1. The second-order valence-electron chi connectivity index (χ2n) is 4.84. The van der Waals surface area contributed by atoms with E-state index in [1.807, 2.05) is 4.90 Å². The molecule has 80 valence electrons. The summed E-state index contributed by atoms with van der Waals surface area (Å²) >= 11 is 0. The van der Waals surface area contributed by atoms with Crippen molar-refractivity contribution in [2.24, 2.45) is 11.7 Å². The molecule has 0 aromatic rings. The van der Waals surface area contributed by atoms with Crippen LogP contribution >= 0.6 is 0 Å². The van der Waals surface area contributed by atoms with Gasteiger partial charge in [0.25, 0.3) is 0 Å². The van der Waals surface area contributed by atoms with Crippen LogP contribution < -0.4 is 5.73 Å². The molecule has 3 unspecified atom stereocenters. The molecule has 3 atom stereocenters. The van der Waals surface area contributed by atoms with Crippen molar-refractivity contribution in [2.75, 3.05) is 6.54 Å². The third-order valence-corrected chi connectivity index (χ3v) is 3.65. The number of carbonyl (C=O) groups is 1. The van der Waals surface area contributed by atoms with Gasteiger partial charge in [-0.2, -0.15) is 0 Å². The maximum atomic E-state index is 11.7. The maximum Gasteiger partial charge on any atom is 0.224 e. The van der Waals surface area contributed by atoms with Crippen LogP contribution in [0.25, 0.3) is 0 Å². The molecule has 3 nitrogen and oxygen atoms in total. The molecule has 2 aliphatic rings. The van der Waals surface area contributed by atoms with Crippen molar-refractivity contribution >= 4 is 5.91 Å². The van der Waals surface area contributed by atoms with Crippen molar-refractivity contribution in [1.29, 1.82) is 0 Å². The Morgan fingerprint density at radius 1 is 1.36 bits per heavy atom. The van der Waals surface area contributed by atoms with E-state index in [9.17, 15) is 4.79 Å². The summed E-state index contributed by atoms with van der Waals surface area (Å²) < 4.78 is 0. The van der Waals surface area contributed by atoms with Crippen molar-refractivity contribution in [1.82, 2.24) is 4.90 Å². The lowest BCUT2D eigenvalue weighted by atomic mass is 9.85. The van der Waals surface area contributed by atoms with E-state index in [1.165, 1.54) is 25.7 Å². The summed E-state index contributed by atoms with van der Waals surface area (Å²) in [7, 11) is 0. The number of rotatable bonds is 1. The van der Waals surface area contributed by atoms with Crippen molar-refractivity contribution < 1.29 is 4.79 Å². The van der Waals surface area contributed by atoms with Crippen molar-refractivity contribution in [2.45, 2.75) is 51.1 Å². The van der Waals surface area contributed by atoms with E-state index in [0.717, 1.165) is 6.54 Å². The zero-order valence-corrected chi connectivity index (χ0v) is 8.91. The second-order valence-corrected chi connectivity index (χ2v) is 4.84. The number of hydrogen-bond acceptors (Lipinski definition) is 2. The van der Waals surface area contributed by atoms with Gasteiger partial charge < -0.3 is 10.6 Å². The molecule has 1 heterocycles. The molecule has 1 saturated carbocycles. The van der Waals surface area contributed by atoms with Gasteiger partial charge in [0.15, 0.2) is 0 Å². The Morgan fingerprint density at radius 3 is 2.64 bits per heavy atom. The SMILES string of the molecule is CC1CCCCC1N1CC(N)CC1=O. The Hall–Kier alpha value is -0.570. The Bertz CT molecular complexity index is 229. The zero-order chi connectivity index (χ0) is 10.1. The van der Waals surface area contributed by atoms with Gasteiger partial charge in [0.2, 0.25) is 5.91 Å². The molecule has 3 heteroatoms. The summed E-state index contributed by atoms with van der Waals surface area (Å²) in [6.45, 7) is 3.05. The monoisotopic (exact) mass is 196 g/mol. The quantitative estimate of drug-likeness (QED) is 0.683. The fourth-order valence-electron chi connectivity index (χ4n) is 2.84. The number of hydrogen-bond donors (Lipinski definition) is 1. The highest BCUT2D eigenvalue weighted by atomic mass is 16.2. The van der Waals surface area contributed by atoms with Crippen LogP contribution in [-0.2, 0) is 4.79 Å². The van der Waals surface area contributed by atoms with E-state index in [2.05, 4.69) is 6.92 Å². The van der Waals surface area contributed by atoms with Gasteiger partial charge in [0, 0.05) is 25.0 Å². The van der Waals surface area contributed by atoms with Gasteiger partial charge in [-0.25, -0.2) is 0 Å². The zero-order valence-electron chi connectivity index (χ0n) is 8.91. The summed E-state index contributed by atoms with van der Waals surface area (Å²) in [6.07, 6.45) is 5.60. The first-order valence-electron chi connectivity index (χ1n) is 5.73. The van der Waals surface area contributed by atoms with E-state index in [-0.39, 0.29) is 11.9 Å². The van der Waals surface area contributed by atoms with Crippen LogP contribution in [0.3, 0.4) is 0 Å². The summed E-state index contributed by atoms with van der Waals surface area (Å²) in [4.78, 5) is 13.7. The van der Waals surface area contributed by atoms with Crippen molar-refractivity contribution in [3.63, 3.8) is 0 Å². The molecule has 2 N–H and O–H groups in total. The molecule has 14 heavy (non-hydrogen) atoms. The molecular weight excluding hydrogens is 176 g/mol. The minimum absolute atomic E-state index is 0.0802. The maximum absolute atomic E-state index is 11.7. The highest BCUT2D eigenvalue weighted by Crippen LogP contribution is 2.30. The van der Waals surface area contributed by atoms with Crippen molar-refractivity contribution in [3.8, 4) is 0 Å². The lowest BCUT2D eigenvalue weighted by Crippen LogP contribution is -2.43. The molecular formula is C11H20N2O. The minimum atomic E-state index is 0.0802. The van der Waals surface area contributed by atoms with Crippen LogP contribution in [0.5, 0.6) is 0 Å². The second kappa shape index (κ2) is 3.89. The summed E-state index contributed by atoms with van der Waals surface area (Å²) in [6, 6.07) is 0.557. The lowest BCUT2D eigenvalue weighted by Gasteiger charge is -2.36. The fraction of sp³-hybridized carbons (Fsp3) is 0.909. The summed E-state index contributed by atoms with van der Waals surface area (Å²) in [5, 5.41) is 0. The van der Waals surface area contributed by atoms with Crippen LogP contribution in [0, 0.1) is 5.92 Å². The molecule has 1 amide bonds. The van der Waals surface area contributed by atoms with Crippen LogP contribution in [0.4, 0.5) is 0 Å². The molecule has 1 saturated heterocycles. The minimum Gasteiger partial charge on any atom is -0.338 e. The Kier molecular flexibility index (Phi) is 2.77. The largest absolute Gasteiger partial charge is 0.338 e. The third-order valence-electron chi connectivity index (χ3n) is 3.65. The van der Waals surface area contributed by atoms with Gasteiger partial charge in [-0.1, -0.05) is 19.8 Å². The van der Waals surface area contributed by atoms with E-state index >= 15 is 0 Å². The topological polar surface area (TPSA) is 46.3 Å². The smallest absolute Gasteiger partial charge is 0.224 e. The predicted molar refractivity (Wildman–Crippen MR) is 55.7 cm³/mol. The first-order valence-corrected chi connectivity index (χ1v) is 5.73. The lowest BCUT2D eigenvalue weighted by molar-refractivity contribution is -0.131. The Labute approximate surface area is 85.6 Å². The molecule has 2 rings (SSSR count). The number of carbonyl (C=O) groups excluding carboxylic acids is 1. The number of nitrogens with zero attached hydrogens (tertiary/aromatic N) is 1. The predicted octanol–water partition coefficient (Wildman–Crippen LogP) is 1.12.